The molecule has 0 spiro atoms. The SMILES string of the molecule is CSCC[C@H](NC(=O)c1ccccc1)C(=O)NCc1nc(C(=O)NCCc2cccc(Cl)c2)cs1. The lowest BCUT2D eigenvalue weighted by molar-refractivity contribution is -0.123. The van der Waals surface area contributed by atoms with Crippen molar-refractivity contribution in [3.63, 3.8) is 0 Å². The van der Waals surface area contributed by atoms with Gasteiger partial charge in [-0.25, -0.2) is 4.98 Å². The first-order valence-corrected chi connectivity index (χ1v) is 13.7. The molecule has 7 nitrogen and oxygen atoms in total. The highest BCUT2D eigenvalue weighted by Gasteiger charge is 2.21. The lowest BCUT2D eigenvalue weighted by Crippen LogP contribution is -2.46. The molecule has 0 saturated carbocycles. The minimum absolute atomic E-state index is 0.177. The second-order valence-corrected chi connectivity index (χ2v) is 10.0. The van der Waals surface area contributed by atoms with Gasteiger partial charge in [0.2, 0.25) is 5.91 Å². The van der Waals surface area contributed by atoms with E-state index in [0.717, 1.165) is 11.3 Å². The number of hydrogen-bond donors (Lipinski definition) is 3. The molecule has 0 unspecified atom stereocenters. The molecule has 3 rings (SSSR count). The summed E-state index contributed by atoms with van der Waals surface area (Å²) in [6.45, 7) is 0.636. The number of nitrogens with one attached hydrogen (secondary N) is 3. The van der Waals surface area contributed by atoms with Gasteiger partial charge in [0.05, 0.1) is 6.54 Å². The molecular formula is C25H27ClN4O3S2. The Morgan fingerprint density at radius 2 is 1.86 bits per heavy atom. The Bertz CT molecular complexity index is 1140. The van der Waals surface area contributed by atoms with E-state index in [1.54, 1.807) is 47.5 Å². The number of thiazole rings is 1. The number of aromatic nitrogens is 1. The van der Waals surface area contributed by atoms with E-state index < -0.39 is 6.04 Å². The first kappa shape index (κ1) is 26.7. The molecular weight excluding hydrogens is 504 g/mol. The topological polar surface area (TPSA) is 100 Å². The highest BCUT2D eigenvalue weighted by Crippen LogP contribution is 2.12. The minimum Gasteiger partial charge on any atom is -0.350 e. The summed E-state index contributed by atoms with van der Waals surface area (Å²) in [5.41, 5.74) is 1.84. The molecule has 0 aliphatic heterocycles. The largest absolute Gasteiger partial charge is 0.350 e. The molecule has 0 aliphatic rings. The van der Waals surface area contributed by atoms with Gasteiger partial charge in [-0.05, 0) is 54.7 Å². The van der Waals surface area contributed by atoms with E-state index in [-0.39, 0.29) is 24.3 Å². The van der Waals surface area contributed by atoms with Crippen LogP contribution in [0, 0.1) is 0 Å². The molecule has 0 fully saturated rings. The highest BCUT2D eigenvalue weighted by atomic mass is 35.5. The number of rotatable bonds is 12. The van der Waals surface area contributed by atoms with Gasteiger partial charge in [-0.3, -0.25) is 14.4 Å². The minimum atomic E-state index is -0.663. The standard InChI is InChI=1S/C25H27ClN4O3S2/c1-34-13-11-20(30-23(31)18-7-3-2-4-8-18)24(32)28-15-22-29-21(16-35-22)25(33)27-12-10-17-6-5-9-19(26)14-17/h2-9,14,16,20H,10-13,15H2,1H3,(H,27,33)(H,28,32)(H,30,31)/t20-/m0/s1. The van der Waals surface area contributed by atoms with Crippen molar-refractivity contribution in [1.82, 2.24) is 20.9 Å². The maximum absolute atomic E-state index is 12.8. The molecule has 1 atom stereocenters. The fraction of sp³-hybridized carbons (Fsp3) is 0.280. The van der Waals surface area contributed by atoms with Crippen LogP contribution in [0.25, 0.3) is 0 Å². The smallest absolute Gasteiger partial charge is 0.270 e. The number of halogens is 1. The molecule has 3 amide bonds. The molecule has 35 heavy (non-hydrogen) atoms. The van der Waals surface area contributed by atoms with Crippen LogP contribution >= 0.6 is 34.7 Å². The molecule has 0 saturated heterocycles. The lowest BCUT2D eigenvalue weighted by Gasteiger charge is -2.18. The summed E-state index contributed by atoms with van der Waals surface area (Å²) >= 11 is 8.89. The maximum atomic E-state index is 12.8. The number of nitrogens with zero attached hydrogens (tertiary/aromatic N) is 1. The third-order valence-corrected chi connectivity index (χ3v) is 6.78. The summed E-state index contributed by atoms with van der Waals surface area (Å²) in [6, 6.07) is 15.6. The Morgan fingerprint density at radius 1 is 1.06 bits per heavy atom. The molecule has 3 aromatic rings. The van der Waals surface area contributed by atoms with Crippen LogP contribution < -0.4 is 16.0 Å². The van der Waals surface area contributed by atoms with Crippen molar-refractivity contribution in [3.05, 3.63) is 86.8 Å². The summed E-state index contributed by atoms with van der Waals surface area (Å²) in [5.74, 6) is -0.123. The molecule has 3 N–H and O–H groups in total. The van der Waals surface area contributed by atoms with E-state index in [0.29, 0.717) is 40.7 Å². The molecule has 0 radical (unpaired) electrons. The van der Waals surface area contributed by atoms with Gasteiger partial charge < -0.3 is 16.0 Å². The lowest BCUT2D eigenvalue weighted by atomic mass is 10.1. The number of amides is 3. The zero-order chi connectivity index (χ0) is 25.0. The first-order chi connectivity index (χ1) is 17.0. The van der Waals surface area contributed by atoms with Gasteiger partial charge in [0.1, 0.15) is 16.7 Å². The number of carbonyl (C=O) groups excluding carboxylic acids is 3. The number of hydrogen-bond acceptors (Lipinski definition) is 6. The molecule has 184 valence electrons. The Kier molecular flexibility index (Phi) is 10.6. The van der Waals surface area contributed by atoms with Crippen LogP contribution in [0.3, 0.4) is 0 Å². The van der Waals surface area contributed by atoms with Gasteiger partial charge in [-0.1, -0.05) is 41.9 Å². The first-order valence-electron chi connectivity index (χ1n) is 11.1. The van der Waals surface area contributed by atoms with Crippen molar-refractivity contribution in [1.29, 1.82) is 0 Å². The fourth-order valence-electron chi connectivity index (χ4n) is 3.22. The van der Waals surface area contributed by atoms with E-state index in [1.807, 2.05) is 30.5 Å². The molecule has 0 bridgehead atoms. The second kappa shape index (κ2) is 13.9. The molecule has 10 heteroatoms. The summed E-state index contributed by atoms with van der Waals surface area (Å²) in [6.07, 6.45) is 3.11. The summed E-state index contributed by atoms with van der Waals surface area (Å²) in [5, 5.41) is 11.4. The maximum Gasteiger partial charge on any atom is 0.270 e. The van der Waals surface area contributed by atoms with Crippen molar-refractivity contribution >= 4 is 52.4 Å². The highest BCUT2D eigenvalue weighted by molar-refractivity contribution is 7.98. The van der Waals surface area contributed by atoms with Gasteiger partial charge in [-0.15, -0.1) is 11.3 Å². The van der Waals surface area contributed by atoms with Crippen molar-refractivity contribution in [2.24, 2.45) is 0 Å². The van der Waals surface area contributed by atoms with E-state index >= 15 is 0 Å². The van der Waals surface area contributed by atoms with Crippen molar-refractivity contribution < 1.29 is 14.4 Å². The van der Waals surface area contributed by atoms with Crippen LogP contribution in [-0.2, 0) is 17.8 Å². The van der Waals surface area contributed by atoms with E-state index in [9.17, 15) is 14.4 Å². The Labute approximate surface area is 218 Å². The quantitative estimate of drug-likeness (QED) is 0.329. The van der Waals surface area contributed by atoms with E-state index in [4.69, 9.17) is 11.6 Å². The average molecular weight is 531 g/mol. The fourth-order valence-corrected chi connectivity index (χ4v) is 4.62. The molecule has 2 aromatic carbocycles. The van der Waals surface area contributed by atoms with Gasteiger partial charge in [0.25, 0.3) is 11.8 Å². The summed E-state index contributed by atoms with van der Waals surface area (Å²) in [4.78, 5) is 42.0. The third-order valence-electron chi connectivity index (χ3n) is 5.05. The zero-order valence-corrected chi connectivity index (χ0v) is 21.6. The molecule has 0 aliphatic carbocycles. The van der Waals surface area contributed by atoms with Gasteiger partial charge in [0.15, 0.2) is 0 Å². The van der Waals surface area contributed by atoms with Crippen LogP contribution in [0.2, 0.25) is 5.02 Å². The van der Waals surface area contributed by atoms with E-state index in [1.165, 1.54) is 11.3 Å². The van der Waals surface area contributed by atoms with Gasteiger partial charge in [-0.2, -0.15) is 11.8 Å². The van der Waals surface area contributed by atoms with Gasteiger partial charge in [0, 0.05) is 22.5 Å². The summed E-state index contributed by atoms with van der Waals surface area (Å²) in [7, 11) is 0. The Hall–Kier alpha value is -2.88. The van der Waals surface area contributed by atoms with Gasteiger partial charge >= 0.3 is 0 Å². The zero-order valence-electron chi connectivity index (χ0n) is 19.3. The van der Waals surface area contributed by atoms with Crippen LogP contribution in [0.4, 0.5) is 0 Å². The summed E-state index contributed by atoms with van der Waals surface area (Å²) < 4.78 is 0. The number of carbonyl (C=O) groups is 3. The van der Waals surface area contributed by atoms with Crippen LogP contribution in [0.1, 0.15) is 37.8 Å². The Balaban J connectivity index is 1.49. The third kappa shape index (κ3) is 8.69. The second-order valence-electron chi connectivity index (χ2n) is 7.65. The monoisotopic (exact) mass is 530 g/mol. The van der Waals surface area contributed by atoms with Crippen LogP contribution in [0.15, 0.2) is 60.0 Å². The molecule has 1 heterocycles. The average Bonchev–Trinajstić information content (AvgIpc) is 3.35. The number of benzene rings is 2. The predicted octanol–water partition coefficient (Wildman–Crippen LogP) is 3.94. The number of thioether (sulfide) groups is 1. The van der Waals surface area contributed by atoms with Crippen molar-refractivity contribution in [2.75, 3.05) is 18.6 Å². The normalized spacial score (nSPS) is 11.5. The van der Waals surface area contributed by atoms with E-state index in [2.05, 4.69) is 20.9 Å². The predicted molar refractivity (Wildman–Crippen MR) is 142 cm³/mol. The van der Waals surface area contributed by atoms with Crippen molar-refractivity contribution in [3.8, 4) is 0 Å². The van der Waals surface area contributed by atoms with Crippen molar-refractivity contribution in [2.45, 2.75) is 25.4 Å². The molecule has 1 aromatic heterocycles. The van der Waals surface area contributed by atoms with Crippen LogP contribution in [-0.4, -0.2) is 47.3 Å². The Morgan fingerprint density at radius 3 is 2.60 bits per heavy atom. The van der Waals surface area contributed by atoms with Crippen LogP contribution in [0.5, 0.6) is 0 Å².